The van der Waals surface area contributed by atoms with Crippen LogP contribution in [0.25, 0.3) is 0 Å². The van der Waals surface area contributed by atoms with Crippen molar-refractivity contribution in [3.05, 3.63) is 22.3 Å². The quantitative estimate of drug-likeness (QED) is 0.208. The number of oxime groups is 1. The van der Waals surface area contributed by atoms with Gasteiger partial charge >= 0.3 is 11.9 Å². The zero-order chi connectivity index (χ0) is 22.0. The number of ether oxygens (including phenoxy) is 1. The van der Waals surface area contributed by atoms with Crippen LogP contribution in [0, 0.1) is 0 Å². The lowest BCUT2D eigenvalue weighted by Gasteiger charge is -2.49. The molecule has 1 aromatic rings. The van der Waals surface area contributed by atoms with Gasteiger partial charge in [0.15, 0.2) is 10.8 Å². The number of hydrogen-bond donors (Lipinski definition) is 3. The summed E-state index contributed by atoms with van der Waals surface area (Å²) >= 11 is 2.35. The first-order valence-corrected chi connectivity index (χ1v) is 10.3. The van der Waals surface area contributed by atoms with Gasteiger partial charge in [0.25, 0.3) is 11.8 Å². The van der Waals surface area contributed by atoms with Crippen molar-refractivity contribution in [1.29, 1.82) is 0 Å². The number of fused-ring (bicyclic) bond motifs is 1. The summed E-state index contributed by atoms with van der Waals surface area (Å²) in [5.74, 6) is -2.98. The minimum atomic E-state index is -1.32. The van der Waals surface area contributed by atoms with E-state index in [0.717, 1.165) is 16.2 Å². The number of carbonyl (C=O) groups is 4. The average molecular weight is 455 g/mol. The molecule has 30 heavy (non-hydrogen) atoms. The topological polar surface area (TPSA) is 174 Å². The predicted molar refractivity (Wildman–Crippen MR) is 106 cm³/mol. The third-order valence-corrected chi connectivity index (χ3v) is 6.16. The Hall–Kier alpha value is -3.13. The first-order valence-electron chi connectivity index (χ1n) is 8.41. The Balaban J connectivity index is 1.77. The van der Waals surface area contributed by atoms with Gasteiger partial charge in [-0.2, -0.15) is 0 Å². The summed E-state index contributed by atoms with van der Waals surface area (Å²) in [5.41, 5.74) is 5.67. The van der Waals surface area contributed by atoms with Crippen molar-refractivity contribution < 1.29 is 33.9 Å². The van der Waals surface area contributed by atoms with Gasteiger partial charge in [-0.25, -0.2) is 9.78 Å². The monoisotopic (exact) mass is 455 g/mol. The summed E-state index contributed by atoms with van der Waals surface area (Å²) in [5, 5.41) is 16.9. The summed E-state index contributed by atoms with van der Waals surface area (Å²) in [6, 6.07) is -0.967. The zero-order valence-electron chi connectivity index (χ0n) is 15.8. The van der Waals surface area contributed by atoms with Gasteiger partial charge in [-0.05, 0) is 0 Å². The number of β-lactam (4-membered cyclic amide) rings is 1. The molecule has 1 saturated heterocycles. The molecule has 0 unspecified atom stereocenters. The molecule has 4 N–H and O–H groups in total. The van der Waals surface area contributed by atoms with E-state index in [1.165, 1.54) is 31.2 Å². The highest BCUT2D eigenvalue weighted by atomic mass is 32.2. The van der Waals surface area contributed by atoms with Crippen LogP contribution >= 0.6 is 23.1 Å². The van der Waals surface area contributed by atoms with Crippen molar-refractivity contribution in [1.82, 2.24) is 15.2 Å². The number of carboxylic acids is 1. The van der Waals surface area contributed by atoms with Crippen LogP contribution in [0.2, 0.25) is 0 Å². The van der Waals surface area contributed by atoms with Crippen LogP contribution in [0.3, 0.4) is 0 Å². The summed E-state index contributed by atoms with van der Waals surface area (Å²) in [6.45, 7) is 0.975. The number of carboxylic acid groups (broad SMARTS) is 1. The molecule has 14 heteroatoms. The number of rotatable bonds is 7. The maximum absolute atomic E-state index is 12.7. The van der Waals surface area contributed by atoms with E-state index in [0.29, 0.717) is 5.57 Å². The van der Waals surface area contributed by atoms with Gasteiger partial charge in [0.1, 0.15) is 36.5 Å². The number of hydrogen-bond acceptors (Lipinski definition) is 11. The molecule has 0 saturated carbocycles. The van der Waals surface area contributed by atoms with Gasteiger partial charge in [0.2, 0.25) is 0 Å². The molecule has 2 aliphatic rings. The van der Waals surface area contributed by atoms with Gasteiger partial charge in [0, 0.05) is 23.6 Å². The fourth-order valence-corrected chi connectivity index (χ4v) is 4.76. The lowest BCUT2D eigenvalue weighted by Crippen LogP contribution is -2.71. The van der Waals surface area contributed by atoms with Gasteiger partial charge < -0.3 is 25.7 Å². The highest BCUT2D eigenvalue weighted by Crippen LogP contribution is 2.40. The van der Waals surface area contributed by atoms with E-state index >= 15 is 0 Å². The normalized spacial score (nSPS) is 20.9. The standard InChI is InChI=1S/C16H17N5O7S2/c1-6(22)28-3-7-4-29-14-10(13(24)21(14)11(7)15(25)26)19-12(23)9(20-27-2)8-5-30-16(17)18-8/h5,10,14H,3-4H2,1-2H3,(H2,17,18)(H,19,23)(H,25,26)/b20-9-/t10-,14+/m0/s1. The molecule has 1 fully saturated rings. The van der Waals surface area contributed by atoms with Gasteiger partial charge in [0.05, 0.1) is 0 Å². The van der Waals surface area contributed by atoms with E-state index in [9.17, 15) is 24.3 Å². The molecule has 160 valence electrons. The number of nitrogens with zero attached hydrogens (tertiary/aromatic N) is 3. The number of nitrogen functional groups attached to an aromatic ring is 1. The highest BCUT2D eigenvalue weighted by Gasteiger charge is 2.54. The Kier molecular flexibility index (Phi) is 6.26. The van der Waals surface area contributed by atoms with E-state index in [1.807, 2.05) is 0 Å². The smallest absolute Gasteiger partial charge is 0.352 e. The number of thiazole rings is 1. The fraction of sp³-hybridized carbons (Fsp3) is 0.375. The predicted octanol–water partition coefficient (Wildman–Crippen LogP) is -0.622. The van der Waals surface area contributed by atoms with Crippen molar-refractivity contribution in [2.75, 3.05) is 25.2 Å². The molecule has 0 aliphatic carbocycles. The summed E-state index contributed by atoms with van der Waals surface area (Å²) < 4.78 is 4.88. The number of esters is 1. The SMILES string of the molecule is CO/N=C(\C(=O)N[C@H]1C(=O)N2C(C(=O)O)=C(COC(C)=O)CS[C@H]12)c1csc(N)n1. The molecule has 1 aromatic heterocycles. The molecule has 2 atom stereocenters. The van der Waals surface area contributed by atoms with Gasteiger partial charge in [-0.3, -0.25) is 19.3 Å². The number of nitrogens with one attached hydrogen (secondary N) is 1. The van der Waals surface area contributed by atoms with Crippen LogP contribution in [0.1, 0.15) is 12.6 Å². The van der Waals surface area contributed by atoms with Crippen LogP contribution in [0.4, 0.5) is 5.13 Å². The molecule has 3 heterocycles. The molecular formula is C16H17N5O7S2. The second-order valence-electron chi connectivity index (χ2n) is 6.09. The minimum absolute atomic E-state index is 0.165. The van der Waals surface area contributed by atoms with Crippen LogP contribution in [-0.2, 0) is 28.8 Å². The first-order chi connectivity index (χ1) is 14.2. The van der Waals surface area contributed by atoms with Crippen molar-refractivity contribution >= 4 is 57.7 Å². The number of nitrogens with two attached hydrogens (primary N) is 1. The van der Waals surface area contributed by atoms with Gasteiger partial charge in [-0.1, -0.05) is 5.16 Å². The van der Waals surface area contributed by atoms with Crippen LogP contribution in [-0.4, -0.2) is 75.3 Å². The average Bonchev–Trinajstić information content (AvgIpc) is 3.13. The Morgan fingerprint density at radius 2 is 2.20 bits per heavy atom. The molecule has 2 amide bonds. The number of anilines is 1. The van der Waals surface area contributed by atoms with E-state index in [2.05, 4.69) is 20.3 Å². The van der Waals surface area contributed by atoms with E-state index in [4.69, 9.17) is 10.5 Å². The van der Waals surface area contributed by atoms with Crippen molar-refractivity contribution in [2.24, 2.45) is 5.16 Å². The second kappa shape index (κ2) is 8.71. The van der Waals surface area contributed by atoms with E-state index in [-0.39, 0.29) is 34.6 Å². The zero-order valence-corrected chi connectivity index (χ0v) is 17.4. The number of carbonyl (C=O) groups excluding carboxylic acids is 3. The number of amides is 2. The van der Waals surface area contributed by atoms with Crippen molar-refractivity contribution in [3.63, 3.8) is 0 Å². The maximum Gasteiger partial charge on any atom is 0.352 e. The first kappa shape index (κ1) is 21.6. The Morgan fingerprint density at radius 1 is 1.47 bits per heavy atom. The molecule has 0 bridgehead atoms. The molecule has 0 radical (unpaired) electrons. The lowest BCUT2D eigenvalue weighted by molar-refractivity contribution is -0.150. The molecule has 0 aromatic carbocycles. The molecule has 3 rings (SSSR count). The molecule has 0 spiro atoms. The lowest BCUT2D eigenvalue weighted by atomic mass is 10.0. The molecule has 2 aliphatic heterocycles. The Bertz CT molecular complexity index is 973. The Morgan fingerprint density at radius 3 is 2.77 bits per heavy atom. The summed E-state index contributed by atoms with van der Waals surface area (Å²) in [4.78, 5) is 57.8. The maximum atomic E-state index is 12.7. The van der Waals surface area contributed by atoms with Gasteiger partial charge in [-0.15, -0.1) is 23.1 Å². The highest BCUT2D eigenvalue weighted by molar-refractivity contribution is 8.00. The van der Waals surface area contributed by atoms with Crippen molar-refractivity contribution in [3.8, 4) is 0 Å². The number of aromatic nitrogens is 1. The van der Waals surface area contributed by atoms with E-state index in [1.54, 1.807) is 0 Å². The summed E-state index contributed by atoms with van der Waals surface area (Å²) in [6.07, 6.45) is 0. The van der Waals surface area contributed by atoms with Crippen molar-refractivity contribution in [2.45, 2.75) is 18.3 Å². The third-order valence-electron chi connectivity index (χ3n) is 4.15. The largest absolute Gasteiger partial charge is 0.477 e. The van der Waals surface area contributed by atoms with Crippen LogP contribution in [0.5, 0.6) is 0 Å². The Labute approximate surface area is 178 Å². The molecular weight excluding hydrogens is 438 g/mol. The number of thioether (sulfide) groups is 1. The van der Waals surface area contributed by atoms with Crippen LogP contribution < -0.4 is 11.1 Å². The number of aliphatic carboxylic acids is 1. The minimum Gasteiger partial charge on any atom is -0.477 e. The third kappa shape index (κ3) is 4.09. The van der Waals surface area contributed by atoms with E-state index < -0.39 is 35.2 Å². The fourth-order valence-electron chi connectivity index (χ4n) is 2.88. The molecule has 12 nitrogen and oxygen atoms in total. The van der Waals surface area contributed by atoms with Crippen LogP contribution in [0.15, 0.2) is 21.8 Å². The summed E-state index contributed by atoms with van der Waals surface area (Å²) in [7, 11) is 1.25. The second-order valence-corrected chi connectivity index (χ2v) is 8.09.